The lowest BCUT2D eigenvalue weighted by Crippen LogP contribution is -2.50. The Balaban J connectivity index is 0.00000241. The average molecular weight is 545 g/mol. The van der Waals surface area contributed by atoms with Gasteiger partial charge in [-0.25, -0.2) is 4.98 Å². The molecule has 198 valence electrons. The van der Waals surface area contributed by atoms with E-state index in [9.17, 15) is 9.59 Å². The summed E-state index contributed by atoms with van der Waals surface area (Å²) >= 11 is 0. The Kier molecular flexibility index (Phi) is 11.4. The maximum atomic E-state index is 12.8. The predicted molar refractivity (Wildman–Crippen MR) is 153 cm³/mol. The zero-order valence-corrected chi connectivity index (χ0v) is 22.7. The molecule has 7 nitrogen and oxygen atoms in total. The molecule has 0 aliphatic carbocycles. The van der Waals surface area contributed by atoms with E-state index in [4.69, 9.17) is 5.73 Å². The molecule has 2 amide bonds. The molecule has 0 saturated carbocycles. The Morgan fingerprint density at radius 3 is 2.51 bits per heavy atom. The van der Waals surface area contributed by atoms with Gasteiger partial charge in [-0.05, 0) is 67.5 Å². The number of aromatic nitrogens is 1. The van der Waals surface area contributed by atoms with E-state index in [1.807, 2.05) is 31.2 Å². The van der Waals surface area contributed by atoms with Crippen LogP contribution < -0.4 is 21.7 Å². The lowest BCUT2D eigenvalue weighted by molar-refractivity contribution is -0.129. The number of nitrogens with two attached hydrogens (primary N) is 1. The van der Waals surface area contributed by atoms with Gasteiger partial charge in [0.05, 0.1) is 6.04 Å². The van der Waals surface area contributed by atoms with Gasteiger partial charge in [0.2, 0.25) is 11.8 Å². The molecule has 1 aliphatic heterocycles. The smallest absolute Gasteiger partial charge is 0.242 e. The van der Waals surface area contributed by atoms with Gasteiger partial charge in [0.25, 0.3) is 0 Å². The molecule has 0 spiro atoms. The van der Waals surface area contributed by atoms with Gasteiger partial charge >= 0.3 is 0 Å². The summed E-state index contributed by atoms with van der Waals surface area (Å²) in [5.41, 5.74) is 11.0. The van der Waals surface area contributed by atoms with Crippen LogP contribution in [0, 0.1) is 12.8 Å². The number of amides is 2. The summed E-state index contributed by atoms with van der Waals surface area (Å²) in [6, 6.07) is 21.6. The van der Waals surface area contributed by atoms with E-state index < -0.39 is 6.04 Å². The largest absolute Gasteiger partial charge is 0.384 e. The van der Waals surface area contributed by atoms with Crippen molar-refractivity contribution in [2.75, 3.05) is 12.3 Å². The van der Waals surface area contributed by atoms with E-state index in [2.05, 4.69) is 57.3 Å². The zero-order valence-electron chi connectivity index (χ0n) is 21.1. The number of benzene rings is 2. The first-order valence-electron chi connectivity index (χ1n) is 12.1. The fraction of sp³-hybridized carbons (Fsp3) is 0.321. The molecule has 3 aromatic rings. The number of rotatable bonds is 8. The van der Waals surface area contributed by atoms with Crippen LogP contribution in [0.2, 0.25) is 0 Å². The van der Waals surface area contributed by atoms with Crippen LogP contribution >= 0.6 is 24.8 Å². The van der Waals surface area contributed by atoms with Crippen molar-refractivity contribution in [3.8, 4) is 11.1 Å². The Labute approximate surface area is 230 Å². The van der Waals surface area contributed by atoms with Gasteiger partial charge in [0.15, 0.2) is 0 Å². The normalized spacial score (nSPS) is 17.1. The quantitative estimate of drug-likeness (QED) is 0.345. The number of pyridine rings is 1. The maximum Gasteiger partial charge on any atom is 0.242 e. The highest BCUT2D eigenvalue weighted by Crippen LogP contribution is 2.24. The summed E-state index contributed by atoms with van der Waals surface area (Å²) in [5, 5.41) is 9.03. The van der Waals surface area contributed by atoms with Crippen LogP contribution in [0.1, 0.15) is 30.2 Å². The number of nitrogen functional groups attached to an aromatic ring is 1. The molecule has 5 N–H and O–H groups in total. The molecule has 4 rings (SSSR count). The monoisotopic (exact) mass is 543 g/mol. The van der Waals surface area contributed by atoms with E-state index in [0.29, 0.717) is 18.3 Å². The summed E-state index contributed by atoms with van der Waals surface area (Å²) in [5.74, 6) is 0.437. The van der Waals surface area contributed by atoms with Gasteiger partial charge in [-0.1, -0.05) is 60.7 Å². The number of hydrogen-bond acceptors (Lipinski definition) is 5. The van der Waals surface area contributed by atoms with Crippen LogP contribution in [0.15, 0.2) is 66.7 Å². The van der Waals surface area contributed by atoms with Gasteiger partial charge in [0, 0.05) is 12.2 Å². The number of anilines is 1. The lowest BCUT2D eigenvalue weighted by Gasteiger charge is -2.17. The number of aryl methyl sites for hydroxylation is 1. The molecule has 1 fully saturated rings. The Morgan fingerprint density at radius 2 is 1.78 bits per heavy atom. The highest BCUT2D eigenvalue weighted by atomic mass is 35.5. The molecular formula is C28H35Cl2N5O2. The number of nitrogens with zero attached hydrogens (tertiary/aromatic N) is 1. The minimum Gasteiger partial charge on any atom is -0.384 e. The SMILES string of the molecule is Cc1nc(N)ccc1CNC(=O)[C@H](C)NC(=O)[C@H]1C[C@H](Cc2cccc(-c3ccccc3)c2)CN1.Cl.Cl. The maximum absolute atomic E-state index is 12.8. The summed E-state index contributed by atoms with van der Waals surface area (Å²) < 4.78 is 0. The average Bonchev–Trinajstić information content (AvgIpc) is 3.32. The Hall–Kier alpha value is -3.13. The second kappa shape index (κ2) is 14.0. The third kappa shape index (κ3) is 8.18. The topological polar surface area (TPSA) is 109 Å². The van der Waals surface area contributed by atoms with E-state index in [-0.39, 0.29) is 42.7 Å². The summed E-state index contributed by atoms with van der Waals surface area (Å²) in [6.45, 7) is 4.66. The predicted octanol–water partition coefficient (Wildman–Crippen LogP) is 3.82. The molecule has 1 saturated heterocycles. The van der Waals surface area contributed by atoms with Crippen LogP contribution in [-0.4, -0.2) is 35.4 Å². The number of halogens is 2. The first kappa shape index (κ1) is 30.1. The first-order chi connectivity index (χ1) is 16.9. The van der Waals surface area contributed by atoms with Crippen LogP contribution in [-0.2, 0) is 22.6 Å². The fourth-order valence-corrected chi connectivity index (χ4v) is 4.52. The van der Waals surface area contributed by atoms with Crippen molar-refractivity contribution < 1.29 is 9.59 Å². The molecule has 1 aromatic heterocycles. The van der Waals surface area contributed by atoms with E-state index in [1.165, 1.54) is 16.7 Å². The summed E-state index contributed by atoms with van der Waals surface area (Å²) in [4.78, 5) is 29.5. The number of hydrogen-bond donors (Lipinski definition) is 4. The third-order valence-electron chi connectivity index (χ3n) is 6.52. The number of carbonyl (C=O) groups excluding carboxylic acids is 2. The molecule has 0 bridgehead atoms. The number of nitrogens with one attached hydrogen (secondary N) is 3. The van der Waals surface area contributed by atoms with Gasteiger partial charge in [-0.15, -0.1) is 24.8 Å². The first-order valence-corrected chi connectivity index (χ1v) is 12.1. The fourth-order valence-electron chi connectivity index (χ4n) is 4.52. The van der Waals surface area contributed by atoms with E-state index in [0.717, 1.165) is 30.6 Å². The summed E-state index contributed by atoms with van der Waals surface area (Å²) in [7, 11) is 0. The van der Waals surface area contributed by atoms with Crippen LogP contribution in [0.25, 0.3) is 11.1 Å². The van der Waals surface area contributed by atoms with Crippen molar-refractivity contribution in [3.05, 3.63) is 83.6 Å². The van der Waals surface area contributed by atoms with Crippen LogP contribution in [0.3, 0.4) is 0 Å². The zero-order chi connectivity index (χ0) is 24.8. The van der Waals surface area contributed by atoms with Crippen LogP contribution in [0.4, 0.5) is 5.82 Å². The number of carbonyl (C=O) groups is 2. The van der Waals surface area contributed by atoms with Crippen LogP contribution in [0.5, 0.6) is 0 Å². The second-order valence-electron chi connectivity index (χ2n) is 9.26. The molecule has 0 unspecified atom stereocenters. The Morgan fingerprint density at radius 1 is 1.05 bits per heavy atom. The standard InChI is InChI=1S/C28H33N5O2.2ClH/c1-18-24(11-12-26(29)32-18)17-31-27(34)19(2)33-28(35)25-15-21(16-30-25)13-20-7-6-10-23(14-20)22-8-4-3-5-9-22;;/h3-12,14,19,21,25,30H,13,15-17H2,1-2H3,(H2,29,32)(H,31,34)(H,33,35);2*1H/t19-,21-,25+;;/m0../s1. The van der Waals surface area contributed by atoms with Crippen molar-refractivity contribution in [2.24, 2.45) is 5.92 Å². The van der Waals surface area contributed by atoms with Crippen molar-refractivity contribution >= 4 is 42.4 Å². The molecule has 1 aliphatic rings. The highest BCUT2D eigenvalue weighted by Gasteiger charge is 2.31. The molecule has 9 heteroatoms. The van der Waals surface area contributed by atoms with Gasteiger partial charge in [0.1, 0.15) is 11.9 Å². The molecule has 2 heterocycles. The van der Waals surface area contributed by atoms with Gasteiger partial charge in [-0.2, -0.15) is 0 Å². The minimum atomic E-state index is -0.632. The van der Waals surface area contributed by atoms with Crippen molar-refractivity contribution in [1.82, 2.24) is 20.9 Å². The summed E-state index contributed by atoms with van der Waals surface area (Å²) in [6.07, 6.45) is 1.65. The molecular weight excluding hydrogens is 509 g/mol. The van der Waals surface area contributed by atoms with Crippen molar-refractivity contribution in [2.45, 2.75) is 45.3 Å². The molecule has 3 atom stereocenters. The van der Waals surface area contributed by atoms with E-state index in [1.54, 1.807) is 13.0 Å². The van der Waals surface area contributed by atoms with Crippen molar-refractivity contribution in [3.63, 3.8) is 0 Å². The Bertz CT molecular complexity index is 1190. The van der Waals surface area contributed by atoms with Gasteiger partial charge < -0.3 is 21.7 Å². The molecule has 2 aromatic carbocycles. The van der Waals surface area contributed by atoms with E-state index >= 15 is 0 Å². The minimum absolute atomic E-state index is 0. The van der Waals surface area contributed by atoms with Crippen molar-refractivity contribution in [1.29, 1.82) is 0 Å². The molecule has 0 radical (unpaired) electrons. The van der Waals surface area contributed by atoms with Gasteiger partial charge in [-0.3, -0.25) is 9.59 Å². The second-order valence-corrected chi connectivity index (χ2v) is 9.26. The highest BCUT2D eigenvalue weighted by molar-refractivity contribution is 5.89. The molecule has 37 heavy (non-hydrogen) atoms. The lowest BCUT2D eigenvalue weighted by atomic mass is 9.94. The third-order valence-corrected chi connectivity index (χ3v) is 6.52.